The van der Waals surface area contributed by atoms with E-state index in [2.05, 4.69) is 15.3 Å². The average Bonchev–Trinajstić information content (AvgIpc) is 2.71. The summed E-state index contributed by atoms with van der Waals surface area (Å²) in [5.74, 6) is 0. The van der Waals surface area contributed by atoms with Gasteiger partial charge in [0.05, 0.1) is 29.0 Å². The lowest BCUT2D eigenvalue weighted by molar-refractivity contribution is 1.08. The zero-order valence-corrected chi connectivity index (χ0v) is 8.78. The second-order valence-electron chi connectivity index (χ2n) is 2.58. The second-order valence-corrected chi connectivity index (χ2v) is 4.53. The van der Waals surface area contributed by atoms with Crippen LogP contribution in [0.15, 0.2) is 17.1 Å². The van der Waals surface area contributed by atoms with E-state index in [1.807, 2.05) is 24.0 Å². The zero-order valence-electron chi connectivity index (χ0n) is 7.15. The molecule has 0 saturated carbocycles. The topological polar surface area (TPSA) is 37.8 Å². The molecule has 2 aromatic heterocycles. The summed E-state index contributed by atoms with van der Waals surface area (Å²) >= 11 is 3.28. The van der Waals surface area contributed by atoms with Crippen molar-refractivity contribution in [2.75, 3.05) is 5.32 Å². The van der Waals surface area contributed by atoms with Gasteiger partial charge in [0, 0.05) is 5.38 Å². The Hall–Kier alpha value is -0.940. The quantitative estimate of drug-likeness (QED) is 0.847. The van der Waals surface area contributed by atoms with Gasteiger partial charge < -0.3 is 5.32 Å². The predicted molar refractivity (Wildman–Crippen MR) is 56.3 cm³/mol. The monoisotopic (exact) mass is 211 g/mol. The number of anilines is 1. The summed E-state index contributed by atoms with van der Waals surface area (Å²) in [7, 11) is 0. The first-order valence-electron chi connectivity index (χ1n) is 3.88. The highest BCUT2D eigenvalue weighted by Gasteiger charge is 1.98. The number of thiazole rings is 2. The van der Waals surface area contributed by atoms with Crippen molar-refractivity contribution >= 4 is 27.7 Å². The van der Waals surface area contributed by atoms with Crippen molar-refractivity contribution in [1.29, 1.82) is 0 Å². The highest BCUT2D eigenvalue weighted by molar-refractivity contribution is 7.15. The zero-order chi connectivity index (χ0) is 9.10. The lowest BCUT2D eigenvalue weighted by atomic mass is 10.5. The van der Waals surface area contributed by atoms with E-state index in [-0.39, 0.29) is 0 Å². The molecule has 0 aromatic carbocycles. The van der Waals surface area contributed by atoms with Crippen LogP contribution in [0.5, 0.6) is 0 Å². The Morgan fingerprint density at radius 1 is 1.46 bits per heavy atom. The number of nitrogens with one attached hydrogen (secondary N) is 1. The first kappa shape index (κ1) is 8.65. The van der Waals surface area contributed by atoms with Gasteiger partial charge in [-0.2, -0.15) is 0 Å². The van der Waals surface area contributed by atoms with E-state index in [0.717, 1.165) is 22.2 Å². The molecule has 0 aliphatic heterocycles. The van der Waals surface area contributed by atoms with Crippen LogP contribution in [0.3, 0.4) is 0 Å². The highest BCUT2D eigenvalue weighted by Crippen LogP contribution is 2.18. The molecule has 0 aliphatic carbocycles. The van der Waals surface area contributed by atoms with Gasteiger partial charge in [-0.15, -0.1) is 22.7 Å². The summed E-state index contributed by atoms with van der Waals surface area (Å²) in [6.45, 7) is 2.78. The van der Waals surface area contributed by atoms with Crippen molar-refractivity contribution in [3.8, 4) is 0 Å². The molecular weight excluding hydrogens is 202 g/mol. The number of aromatic nitrogens is 2. The van der Waals surface area contributed by atoms with E-state index in [1.54, 1.807) is 22.7 Å². The van der Waals surface area contributed by atoms with Crippen molar-refractivity contribution in [3.63, 3.8) is 0 Å². The molecule has 0 unspecified atom stereocenters. The molecule has 1 N–H and O–H groups in total. The number of aryl methyl sites for hydroxylation is 1. The first-order valence-corrected chi connectivity index (χ1v) is 5.64. The molecule has 0 spiro atoms. The van der Waals surface area contributed by atoms with Gasteiger partial charge >= 0.3 is 0 Å². The van der Waals surface area contributed by atoms with Gasteiger partial charge in [-0.1, -0.05) is 0 Å². The number of nitrogens with zero attached hydrogens (tertiary/aromatic N) is 2. The summed E-state index contributed by atoms with van der Waals surface area (Å²) in [5, 5.41) is 7.50. The van der Waals surface area contributed by atoms with Crippen molar-refractivity contribution in [2.45, 2.75) is 13.5 Å². The van der Waals surface area contributed by atoms with Crippen LogP contribution in [0.2, 0.25) is 0 Å². The number of hydrogen-bond acceptors (Lipinski definition) is 5. The van der Waals surface area contributed by atoms with Gasteiger partial charge in [0.2, 0.25) is 0 Å². The Labute approximate surface area is 84.5 Å². The van der Waals surface area contributed by atoms with E-state index in [9.17, 15) is 0 Å². The largest absolute Gasteiger partial charge is 0.370 e. The van der Waals surface area contributed by atoms with Crippen LogP contribution >= 0.6 is 22.7 Å². The Balaban J connectivity index is 1.93. The van der Waals surface area contributed by atoms with Crippen LogP contribution in [-0.2, 0) is 6.54 Å². The summed E-state index contributed by atoms with van der Waals surface area (Å²) in [6, 6.07) is 0. The Morgan fingerprint density at radius 2 is 2.38 bits per heavy atom. The van der Waals surface area contributed by atoms with E-state index in [4.69, 9.17) is 0 Å². The minimum absolute atomic E-state index is 0.783. The molecule has 0 amide bonds. The Bertz CT molecular complexity index is 366. The van der Waals surface area contributed by atoms with Gasteiger partial charge in [-0.25, -0.2) is 9.97 Å². The maximum absolute atomic E-state index is 4.18. The molecule has 2 rings (SSSR count). The van der Waals surface area contributed by atoms with Crippen LogP contribution in [0, 0.1) is 6.92 Å². The van der Waals surface area contributed by atoms with Gasteiger partial charge in [0.25, 0.3) is 0 Å². The first-order chi connectivity index (χ1) is 6.34. The molecule has 0 fully saturated rings. The van der Waals surface area contributed by atoms with Crippen LogP contribution in [-0.4, -0.2) is 9.97 Å². The van der Waals surface area contributed by atoms with Gasteiger partial charge in [0.1, 0.15) is 5.00 Å². The van der Waals surface area contributed by atoms with Crippen molar-refractivity contribution in [2.24, 2.45) is 0 Å². The number of rotatable bonds is 3. The lowest BCUT2D eigenvalue weighted by Crippen LogP contribution is -1.96. The van der Waals surface area contributed by atoms with Crippen LogP contribution in [0.25, 0.3) is 0 Å². The van der Waals surface area contributed by atoms with Crippen molar-refractivity contribution in [1.82, 2.24) is 9.97 Å². The van der Waals surface area contributed by atoms with Crippen molar-refractivity contribution in [3.05, 3.63) is 27.8 Å². The van der Waals surface area contributed by atoms with Gasteiger partial charge in [-0.3, -0.25) is 0 Å². The molecule has 5 heteroatoms. The third kappa shape index (κ3) is 2.26. The van der Waals surface area contributed by atoms with E-state index in [1.165, 1.54) is 0 Å². The van der Waals surface area contributed by atoms with Crippen LogP contribution < -0.4 is 5.32 Å². The standard InChI is InChI=1S/C8H9N3S2/c1-6-9-3-8(13-6)10-2-7-4-12-5-11-7/h3-5,10H,2H2,1H3. The van der Waals surface area contributed by atoms with E-state index < -0.39 is 0 Å². The summed E-state index contributed by atoms with van der Waals surface area (Å²) in [4.78, 5) is 8.33. The Kier molecular flexibility index (Phi) is 2.56. The predicted octanol–water partition coefficient (Wildman–Crippen LogP) is 2.52. The molecule has 2 aromatic rings. The molecule has 0 aliphatic rings. The maximum Gasteiger partial charge on any atom is 0.109 e. The van der Waals surface area contributed by atoms with Crippen LogP contribution in [0.1, 0.15) is 10.7 Å². The van der Waals surface area contributed by atoms with Crippen molar-refractivity contribution < 1.29 is 0 Å². The molecule has 0 bridgehead atoms. The van der Waals surface area contributed by atoms with Gasteiger partial charge in [0.15, 0.2) is 0 Å². The lowest BCUT2D eigenvalue weighted by Gasteiger charge is -1.97. The van der Waals surface area contributed by atoms with Crippen LogP contribution in [0.4, 0.5) is 5.00 Å². The molecule has 68 valence electrons. The fourth-order valence-electron chi connectivity index (χ4n) is 0.946. The minimum Gasteiger partial charge on any atom is -0.370 e. The molecule has 13 heavy (non-hydrogen) atoms. The molecule has 0 atom stereocenters. The number of hydrogen-bond donors (Lipinski definition) is 1. The molecule has 2 heterocycles. The molecule has 0 radical (unpaired) electrons. The van der Waals surface area contributed by atoms with E-state index >= 15 is 0 Å². The molecular formula is C8H9N3S2. The normalized spacial score (nSPS) is 10.2. The van der Waals surface area contributed by atoms with Gasteiger partial charge in [-0.05, 0) is 6.92 Å². The fourth-order valence-corrected chi connectivity index (χ4v) is 2.18. The minimum atomic E-state index is 0.783. The average molecular weight is 211 g/mol. The fraction of sp³-hybridized carbons (Fsp3) is 0.250. The molecule has 3 nitrogen and oxygen atoms in total. The Morgan fingerprint density at radius 3 is 3.00 bits per heavy atom. The summed E-state index contributed by atoms with van der Waals surface area (Å²) < 4.78 is 0. The third-order valence-electron chi connectivity index (χ3n) is 1.55. The smallest absolute Gasteiger partial charge is 0.109 e. The SMILES string of the molecule is Cc1ncc(NCc2cscn2)s1. The third-order valence-corrected chi connectivity index (χ3v) is 3.05. The molecule has 0 saturated heterocycles. The maximum atomic E-state index is 4.18. The second kappa shape index (κ2) is 3.85. The highest BCUT2D eigenvalue weighted by atomic mass is 32.1. The van der Waals surface area contributed by atoms with E-state index in [0.29, 0.717) is 0 Å². The summed E-state index contributed by atoms with van der Waals surface area (Å²) in [6.07, 6.45) is 1.85. The summed E-state index contributed by atoms with van der Waals surface area (Å²) in [5.41, 5.74) is 2.92.